The van der Waals surface area contributed by atoms with E-state index in [0.717, 1.165) is 0 Å². The first kappa shape index (κ1) is 15.8. The minimum absolute atomic E-state index is 0.207. The maximum Gasteiger partial charge on any atom is 0.318 e. The zero-order valence-corrected chi connectivity index (χ0v) is 11.8. The lowest BCUT2D eigenvalue weighted by molar-refractivity contribution is -0.128. The zero-order valence-electron chi connectivity index (χ0n) is 11.0. The molecule has 0 aliphatic rings. The Hall–Kier alpha value is -2.26. The average molecular weight is 296 g/mol. The van der Waals surface area contributed by atoms with Gasteiger partial charge in [-0.1, -0.05) is 25.4 Å². The molecule has 1 aromatic rings. The second-order valence-electron chi connectivity index (χ2n) is 4.39. The van der Waals surface area contributed by atoms with E-state index in [1.165, 1.54) is 18.2 Å². The number of primary amides is 1. The van der Waals surface area contributed by atoms with Crippen molar-refractivity contribution in [2.24, 2.45) is 11.7 Å². The van der Waals surface area contributed by atoms with Crippen molar-refractivity contribution < 1.29 is 14.3 Å². The fraction of sp³-hybridized carbons (Fsp3) is 0.308. The molecule has 1 rings (SSSR count). The highest BCUT2D eigenvalue weighted by molar-refractivity contribution is 6.32. The fourth-order valence-corrected chi connectivity index (χ4v) is 1.71. The highest BCUT2D eigenvalue weighted by Crippen LogP contribution is 2.27. The van der Waals surface area contributed by atoms with Gasteiger partial charge in [-0.05, 0) is 24.1 Å². The Kier molecular flexibility index (Phi) is 5.35. The predicted molar refractivity (Wildman–Crippen MR) is 73.1 cm³/mol. The lowest BCUT2D eigenvalue weighted by Crippen LogP contribution is -2.46. The van der Waals surface area contributed by atoms with Crippen LogP contribution in [0.1, 0.15) is 19.4 Å². The molecule has 106 valence electrons. The molecule has 0 heterocycles. The molecule has 0 unspecified atom stereocenters. The van der Waals surface area contributed by atoms with E-state index in [1.54, 1.807) is 13.8 Å². The third-order valence-electron chi connectivity index (χ3n) is 2.43. The molecule has 3 N–H and O–H groups in total. The topological polar surface area (TPSA) is 105 Å². The number of halogens is 1. The van der Waals surface area contributed by atoms with E-state index in [-0.39, 0.29) is 16.7 Å². The SMILES string of the molecule is CC(C)[C@H](Oc1ccc(C#N)cc1Cl)C(=O)NC(N)=O. The number of nitrogens with zero attached hydrogens (tertiary/aromatic N) is 1. The molecule has 0 spiro atoms. The van der Waals surface area contributed by atoms with Crippen LogP contribution in [0.2, 0.25) is 5.02 Å². The van der Waals surface area contributed by atoms with Crippen LogP contribution < -0.4 is 15.8 Å². The van der Waals surface area contributed by atoms with Crippen LogP contribution in [0.4, 0.5) is 4.79 Å². The zero-order chi connectivity index (χ0) is 15.3. The van der Waals surface area contributed by atoms with Crippen LogP contribution in [-0.2, 0) is 4.79 Å². The summed E-state index contributed by atoms with van der Waals surface area (Å²) in [4.78, 5) is 22.5. The van der Waals surface area contributed by atoms with Crippen LogP contribution in [0.25, 0.3) is 0 Å². The number of hydrogen-bond acceptors (Lipinski definition) is 4. The standard InChI is InChI=1S/C13H14ClN3O3/c1-7(2)11(12(18)17-13(16)19)20-10-4-3-8(6-15)5-9(10)14/h3-5,7,11H,1-2H3,(H3,16,17,18,19)/t11-/m0/s1. The average Bonchev–Trinajstić information content (AvgIpc) is 2.35. The number of ether oxygens (including phenoxy) is 1. The predicted octanol–water partition coefficient (Wildman–Crippen LogP) is 1.81. The molecular formula is C13H14ClN3O3. The number of carbonyl (C=O) groups is 2. The third kappa shape index (κ3) is 4.14. The van der Waals surface area contributed by atoms with Crippen LogP contribution in [0, 0.1) is 17.2 Å². The minimum Gasteiger partial charge on any atom is -0.479 e. The Morgan fingerprint density at radius 1 is 1.45 bits per heavy atom. The number of urea groups is 1. The molecule has 6 nitrogen and oxygen atoms in total. The number of hydrogen-bond donors (Lipinski definition) is 2. The molecule has 0 radical (unpaired) electrons. The van der Waals surface area contributed by atoms with Gasteiger partial charge in [0.2, 0.25) is 0 Å². The lowest BCUT2D eigenvalue weighted by Gasteiger charge is -2.21. The van der Waals surface area contributed by atoms with Crippen molar-refractivity contribution >= 4 is 23.5 Å². The summed E-state index contributed by atoms with van der Waals surface area (Å²) in [5.41, 5.74) is 5.28. The van der Waals surface area contributed by atoms with Crippen LogP contribution >= 0.6 is 11.6 Å². The fourth-order valence-electron chi connectivity index (χ4n) is 1.49. The summed E-state index contributed by atoms with van der Waals surface area (Å²) in [6.07, 6.45) is -0.923. The normalized spacial score (nSPS) is 11.6. The van der Waals surface area contributed by atoms with E-state index in [4.69, 9.17) is 27.3 Å². The molecule has 1 atom stereocenters. The van der Waals surface area contributed by atoms with Gasteiger partial charge in [0, 0.05) is 0 Å². The van der Waals surface area contributed by atoms with Crippen LogP contribution in [0.15, 0.2) is 18.2 Å². The van der Waals surface area contributed by atoms with Crippen molar-refractivity contribution in [2.45, 2.75) is 20.0 Å². The van der Waals surface area contributed by atoms with Crippen LogP contribution in [-0.4, -0.2) is 18.0 Å². The number of carbonyl (C=O) groups excluding carboxylic acids is 2. The molecule has 7 heteroatoms. The minimum atomic E-state index is -0.949. The summed E-state index contributed by atoms with van der Waals surface area (Å²) in [6.45, 7) is 3.51. The second kappa shape index (κ2) is 6.78. The molecule has 1 aromatic carbocycles. The van der Waals surface area contributed by atoms with E-state index in [2.05, 4.69) is 0 Å². The highest BCUT2D eigenvalue weighted by Gasteiger charge is 2.26. The van der Waals surface area contributed by atoms with E-state index in [1.807, 2.05) is 11.4 Å². The molecule has 0 saturated heterocycles. The third-order valence-corrected chi connectivity index (χ3v) is 2.72. The van der Waals surface area contributed by atoms with Gasteiger partial charge in [-0.15, -0.1) is 0 Å². The van der Waals surface area contributed by atoms with Crippen molar-refractivity contribution in [3.05, 3.63) is 28.8 Å². The number of imide groups is 1. The van der Waals surface area contributed by atoms with Gasteiger partial charge in [0.15, 0.2) is 6.10 Å². The first-order chi connectivity index (χ1) is 9.35. The summed E-state index contributed by atoms with van der Waals surface area (Å²) in [5, 5.41) is 10.9. The summed E-state index contributed by atoms with van der Waals surface area (Å²) in [7, 11) is 0. The van der Waals surface area contributed by atoms with Gasteiger partial charge in [0.25, 0.3) is 5.91 Å². The largest absolute Gasteiger partial charge is 0.479 e. The Bertz CT molecular complexity index is 566. The van der Waals surface area contributed by atoms with Crippen LogP contribution in [0.3, 0.4) is 0 Å². The maximum atomic E-state index is 11.8. The summed E-state index contributed by atoms with van der Waals surface area (Å²) in [5.74, 6) is -0.599. The number of rotatable bonds is 4. The maximum absolute atomic E-state index is 11.8. The van der Waals surface area contributed by atoms with E-state index in [0.29, 0.717) is 5.56 Å². The monoisotopic (exact) mass is 295 g/mol. The van der Waals surface area contributed by atoms with E-state index >= 15 is 0 Å². The summed E-state index contributed by atoms with van der Waals surface area (Å²) >= 11 is 5.97. The summed E-state index contributed by atoms with van der Waals surface area (Å²) < 4.78 is 5.51. The molecule has 0 saturated carbocycles. The first-order valence-electron chi connectivity index (χ1n) is 5.81. The van der Waals surface area contributed by atoms with Gasteiger partial charge in [0.05, 0.1) is 16.7 Å². The van der Waals surface area contributed by atoms with Gasteiger partial charge in [-0.3, -0.25) is 10.1 Å². The molecule has 0 fully saturated rings. The Labute approximate surface area is 121 Å². The van der Waals surface area contributed by atoms with Crippen molar-refractivity contribution in [1.29, 1.82) is 5.26 Å². The molecule has 0 aliphatic carbocycles. The van der Waals surface area contributed by atoms with Gasteiger partial charge >= 0.3 is 6.03 Å². The number of nitriles is 1. The van der Waals surface area contributed by atoms with Gasteiger partial charge in [-0.25, -0.2) is 4.79 Å². The molecule has 0 aliphatic heterocycles. The Morgan fingerprint density at radius 3 is 2.55 bits per heavy atom. The number of amides is 3. The Morgan fingerprint density at radius 2 is 2.10 bits per heavy atom. The second-order valence-corrected chi connectivity index (χ2v) is 4.80. The lowest BCUT2D eigenvalue weighted by atomic mass is 10.1. The number of nitrogens with two attached hydrogens (primary N) is 1. The quantitative estimate of drug-likeness (QED) is 0.883. The molecule has 20 heavy (non-hydrogen) atoms. The van der Waals surface area contributed by atoms with Gasteiger partial charge < -0.3 is 10.5 Å². The molecule has 3 amide bonds. The van der Waals surface area contributed by atoms with Crippen LogP contribution in [0.5, 0.6) is 5.75 Å². The Balaban J connectivity index is 2.94. The van der Waals surface area contributed by atoms with Crippen molar-refractivity contribution in [3.63, 3.8) is 0 Å². The highest BCUT2D eigenvalue weighted by atomic mass is 35.5. The van der Waals surface area contributed by atoms with Gasteiger partial charge in [0.1, 0.15) is 5.75 Å². The summed E-state index contributed by atoms with van der Waals surface area (Å²) in [6, 6.07) is 5.43. The molecule has 0 aromatic heterocycles. The molecular weight excluding hydrogens is 282 g/mol. The molecule has 0 bridgehead atoms. The van der Waals surface area contributed by atoms with Crippen molar-refractivity contribution in [3.8, 4) is 11.8 Å². The number of nitrogens with one attached hydrogen (secondary N) is 1. The van der Waals surface area contributed by atoms with E-state index in [9.17, 15) is 9.59 Å². The van der Waals surface area contributed by atoms with Gasteiger partial charge in [-0.2, -0.15) is 5.26 Å². The van der Waals surface area contributed by atoms with E-state index < -0.39 is 18.0 Å². The number of benzene rings is 1. The van der Waals surface area contributed by atoms with Crippen molar-refractivity contribution in [1.82, 2.24) is 5.32 Å². The smallest absolute Gasteiger partial charge is 0.318 e. The van der Waals surface area contributed by atoms with Crippen molar-refractivity contribution in [2.75, 3.05) is 0 Å². The first-order valence-corrected chi connectivity index (χ1v) is 6.19.